The van der Waals surface area contributed by atoms with Crippen LogP contribution in [0.25, 0.3) is 0 Å². The summed E-state index contributed by atoms with van der Waals surface area (Å²) in [4.78, 5) is 2.38. The Labute approximate surface area is 135 Å². The molecule has 3 nitrogen and oxygen atoms in total. The number of aliphatic hydroxyl groups excluding tert-OH is 1. The van der Waals surface area contributed by atoms with E-state index >= 15 is 0 Å². The molecule has 6 heteroatoms. The van der Waals surface area contributed by atoms with Gasteiger partial charge in [-0.1, -0.05) is 26.0 Å². The van der Waals surface area contributed by atoms with Crippen molar-refractivity contribution in [2.75, 3.05) is 26.2 Å². The maximum absolute atomic E-state index is 12.7. The molecule has 1 aromatic carbocycles. The number of hydrogen-bond donors (Lipinski definition) is 2. The molecule has 1 fully saturated rings. The Morgan fingerprint density at radius 2 is 2.13 bits per heavy atom. The van der Waals surface area contributed by atoms with E-state index in [2.05, 4.69) is 24.1 Å². The van der Waals surface area contributed by atoms with Gasteiger partial charge in [0.2, 0.25) is 0 Å². The van der Waals surface area contributed by atoms with Gasteiger partial charge in [0.25, 0.3) is 0 Å². The van der Waals surface area contributed by atoms with E-state index in [0.717, 1.165) is 38.2 Å². The van der Waals surface area contributed by atoms with Crippen LogP contribution in [0.3, 0.4) is 0 Å². The second-order valence-electron chi connectivity index (χ2n) is 6.31. The summed E-state index contributed by atoms with van der Waals surface area (Å²) in [6, 6.07) is 5.20. The Morgan fingerprint density at radius 3 is 2.74 bits per heavy atom. The SMILES string of the molecule is CCN1CCC(NCC(O)c2cccc(C(F)(F)F)c2)C(C)C1. The van der Waals surface area contributed by atoms with Crippen LogP contribution in [0.4, 0.5) is 13.2 Å². The van der Waals surface area contributed by atoms with E-state index in [9.17, 15) is 18.3 Å². The molecule has 0 spiro atoms. The van der Waals surface area contributed by atoms with Crippen molar-refractivity contribution in [1.82, 2.24) is 10.2 Å². The number of nitrogens with one attached hydrogen (secondary N) is 1. The van der Waals surface area contributed by atoms with Gasteiger partial charge >= 0.3 is 6.18 Å². The molecule has 0 amide bonds. The monoisotopic (exact) mass is 330 g/mol. The second-order valence-corrected chi connectivity index (χ2v) is 6.31. The fourth-order valence-electron chi connectivity index (χ4n) is 3.13. The second kappa shape index (κ2) is 7.64. The maximum atomic E-state index is 12.7. The molecule has 0 aliphatic carbocycles. The lowest BCUT2D eigenvalue weighted by Crippen LogP contribution is -2.49. The third-order valence-corrected chi connectivity index (χ3v) is 4.61. The van der Waals surface area contributed by atoms with Gasteiger partial charge in [-0.25, -0.2) is 0 Å². The molecule has 1 aliphatic rings. The van der Waals surface area contributed by atoms with Crippen molar-refractivity contribution < 1.29 is 18.3 Å². The van der Waals surface area contributed by atoms with Gasteiger partial charge < -0.3 is 15.3 Å². The van der Waals surface area contributed by atoms with Crippen molar-refractivity contribution in [1.29, 1.82) is 0 Å². The summed E-state index contributed by atoms with van der Waals surface area (Å²) in [5, 5.41) is 13.5. The van der Waals surface area contributed by atoms with Crippen LogP contribution in [0.5, 0.6) is 0 Å². The minimum Gasteiger partial charge on any atom is -0.387 e. The van der Waals surface area contributed by atoms with Gasteiger partial charge in [0, 0.05) is 19.1 Å². The van der Waals surface area contributed by atoms with Crippen LogP contribution >= 0.6 is 0 Å². The molecule has 0 aromatic heterocycles. The molecule has 1 aliphatic heterocycles. The third kappa shape index (κ3) is 4.93. The first-order valence-corrected chi connectivity index (χ1v) is 8.12. The van der Waals surface area contributed by atoms with Crippen molar-refractivity contribution in [3.05, 3.63) is 35.4 Å². The highest BCUT2D eigenvalue weighted by Gasteiger charge is 2.31. The summed E-state index contributed by atoms with van der Waals surface area (Å²) in [6.07, 6.45) is -4.33. The molecule has 2 N–H and O–H groups in total. The molecule has 0 saturated carbocycles. The van der Waals surface area contributed by atoms with Gasteiger partial charge in [0.1, 0.15) is 0 Å². The molecule has 130 valence electrons. The summed E-state index contributed by atoms with van der Waals surface area (Å²) in [5.41, 5.74) is -0.426. The van der Waals surface area contributed by atoms with Gasteiger partial charge in [0.05, 0.1) is 11.7 Å². The largest absolute Gasteiger partial charge is 0.416 e. The molecular formula is C17H25F3N2O. The number of nitrogens with zero attached hydrogens (tertiary/aromatic N) is 1. The number of aliphatic hydroxyl groups is 1. The van der Waals surface area contributed by atoms with E-state index in [1.165, 1.54) is 12.1 Å². The average molecular weight is 330 g/mol. The Hall–Kier alpha value is -1.11. The lowest BCUT2D eigenvalue weighted by Gasteiger charge is -2.37. The van der Waals surface area contributed by atoms with Crippen LogP contribution in [0.1, 0.15) is 37.5 Å². The van der Waals surface area contributed by atoms with Crippen molar-refractivity contribution in [2.45, 2.75) is 38.6 Å². The first kappa shape index (κ1) is 18.2. The molecule has 1 heterocycles. The van der Waals surface area contributed by atoms with Crippen molar-refractivity contribution in [3.8, 4) is 0 Å². The first-order valence-electron chi connectivity index (χ1n) is 8.12. The highest BCUT2D eigenvalue weighted by Crippen LogP contribution is 2.30. The summed E-state index contributed by atoms with van der Waals surface area (Å²) in [6.45, 7) is 7.62. The molecule has 1 saturated heterocycles. The van der Waals surface area contributed by atoms with E-state index in [0.29, 0.717) is 17.5 Å². The van der Waals surface area contributed by atoms with Gasteiger partial charge in [-0.05, 0) is 43.1 Å². The minimum atomic E-state index is -4.38. The smallest absolute Gasteiger partial charge is 0.387 e. The van der Waals surface area contributed by atoms with E-state index in [1.807, 2.05) is 0 Å². The Kier molecular flexibility index (Phi) is 6.06. The van der Waals surface area contributed by atoms with E-state index < -0.39 is 17.8 Å². The van der Waals surface area contributed by atoms with Crippen LogP contribution in [-0.4, -0.2) is 42.2 Å². The third-order valence-electron chi connectivity index (χ3n) is 4.61. The van der Waals surface area contributed by atoms with Crippen LogP contribution in [0.15, 0.2) is 24.3 Å². The summed E-state index contributed by atoms with van der Waals surface area (Å²) in [5.74, 6) is 0.456. The Balaban J connectivity index is 1.91. The lowest BCUT2D eigenvalue weighted by atomic mass is 9.93. The zero-order valence-corrected chi connectivity index (χ0v) is 13.6. The molecule has 3 unspecified atom stereocenters. The highest BCUT2D eigenvalue weighted by atomic mass is 19.4. The quantitative estimate of drug-likeness (QED) is 0.871. The predicted molar refractivity (Wildman–Crippen MR) is 84.1 cm³/mol. The molecule has 2 rings (SSSR count). The van der Waals surface area contributed by atoms with Gasteiger partial charge in [-0.3, -0.25) is 0 Å². The molecule has 3 atom stereocenters. The number of alkyl halides is 3. The number of hydrogen-bond acceptors (Lipinski definition) is 3. The Morgan fingerprint density at radius 1 is 1.39 bits per heavy atom. The standard InChI is InChI=1S/C17H25F3N2O/c1-3-22-8-7-15(12(2)11-22)21-10-16(23)13-5-4-6-14(9-13)17(18,19)20/h4-6,9,12,15-16,21,23H,3,7-8,10-11H2,1-2H3. The summed E-state index contributed by atoms with van der Waals surface area (Å²) >= 11 is 0. The zero-order valence-electron chi connectivity index (χ0n) is 13.6. The fourth-order valence-corrected chi connectivity index (χ4v) is 3.13. The zero-order chi connectivity index (χ0) is 17.0. The molecular weight excluding hydrogens is 305 g/mol. The fraction of sp³-hybridized carbons (Fsp3) is 0.647. The van der Waals surface area contributed by atoms with Crippen LogP contribution in [0.2, 0.25) is 0 Å². The minimum absolute atomic E-state index is 0.266. The van der Waals surface area contributed by atoms with E-state index in [-0.39, 0.29) is 6.54 Å². The number of rotatable bonds is 5. The predicted octanol–water partition coefficient (Wildman–Crippen LogP) is 3.06. The van der Waals surface area contributed by atoms with Crippen molar-refractivity contribution >= 4 is 0 Å². The average Bonchev–Trinajstić information content (AvgIpc) is 2.52. The number of piperidine rings is 1. The number of benzene rings is 1. The van der Waals surface area contributed by atoms with Gasteiger partial charge in [0.15, 0.2) is 0 Å². The van der Waals surface area contributed by atoms with Gasteiger partial charge in [-0.15, -0.1) is 0 Å². The number of likely N-dealkylation sites (tertiary alicyclic amines) is 1. The van der Waals surface area contributed by atoms with E-state index in [1.54, 1.807) is 0 Å². The van der Waals surface area contributed by atoms with Crippen LogP contribution in [-0.2, 0) is 6.18 Å². The molecule has 0 radical (unpaired) electrons. The van der Waals surface area contributed by atoms with Crippen LogP contribution < -0.4 is 5.32 Å². The molecule has 23 heavy (non-hydrogen) atoms. The summed E-state index contributed by atoms with van der Waals surface area (Å²) < 4.78 is 38.2. The molecule has 0 bridgehead atoms. The topological polar surface area (TPSA) is 35.5 Å². The van der Waals surface area contributed by atoms with Crippen molar-refractivity contribution in [2.24, 2.45) is 5.92 Å². The van der Waals surface area contributed by atoms with Crippen LogP contribution in [0, 0.1) is 5.92 Å². The number of halogens is 3. The normalized spacial score (nSPS) is 24.6. The maximum Gasteiger partial charge on any atom is 0.416 e. The van der Waals surface area contributed by atoms with Gasteiger partial charge in [-0.2, -0.15) is 13.2 Å². The lowest BCUT2D eigenvalue weighted by molar-refractivity contribution is -0.137. The summed E-state index contributed by atoms with van der Waals surface area (Å²) in [7, 11) is 0. The van der Waals surface area contributed by atoms with Crippen molar-refractivity contribution in [3.63, 3.8) is 0 Å². The molecule has 1 aromatic rings. The highest BCUT2D eigenvalue weighted by molar-refractivity contribution is 5.27. The van der Waals surface area contributed by atoms with E-state index in [4.69, 9.17) is 0 Å². The first-order chi connectivity index (χ1) is 10.8. The Bertz CT molecular complexity index is 507.